The molecule has 254 valence electrons. The zero-order valence-electron chi connectivity index (χ0n) is 27.9. The first-order valence-corrected chi connectivity index (χ1v) is 18.3. The minimum atomic E-state index is -1.74. The first-order valence-electron chi connectivity index (χ1n) is 17.1. The van der Waals surface area contributed by atoms with E-state index in [2.05, 4.69) is 6.07 Å². The van der Waals surface area contributed by atoms with Gasteiger partial charge in [0, 0.05) is 32.5 Å². The molecule has 0 radical (unpaired) electrons. The van der Waals surface area contributed by atoms with E-state index in [9.17, 15) is 10.4 Å². The number of rotatable bonds is 6. The molecule has 1 N–H and O–H groups in total. The summed E-state index contributed by atoms with van der Waals surface area (Å²) in [6.45, 7) is 0. The van der Waals surface area contributed by atoms with Gasteiger partial charge in [-0.15, -0.1) is 0 Å². The standard InChI is InChI=1S/C46H32Cl3NO2/c47-38-19-12-31(13-20-38)41-27-46(52,37-16-11-30-6-2-4-8-34(30)26-37)43(44(51)35-10-9-29-5-1-3-7-33(29)25-35)42(32-14-21-39(48)22-15-32)45(41,28-50)36-17-23-40(49)24-18-36/h1-26,41-43,52H,27H2/t41-,42-,43+,45-,46-/m1/s1. The van der Waals surface area contributed by atoms with E-state index in [-0.39, 0.29) is 12.2 Å². The maximum absolute atomic E-state index is 15.6. The molecule has 0 spiro atoms. The number of aliphatic hydroxyl groups is 1. The number of Topliss-reactive ketones (excluding diaryl/α,β-unsaturated/α-hetero) is 1. The molecule has 8 rings (SSSR count). The number of nitriles is 1. The van der Waals surface area contributed by atoms with Crippen molar-refractivity contribution in [3.63, 3.8) is 0 Å². The fourth-order valence-corrected chi connectivity index (χ4v) is 8.90. The van der Waals surface area contributed by atoms with E-state index in [1.54, 1.807) is 36.4 Å². The van der Waals surface area contributed by atoms with Crippen LogP contribution in [0.2, 0.25) is 15.1 Å². The van der Waals surface area contributed by atoms with Crippen molar-refractivity contribution in [3.8, 4) is 6.07 Å². The zero-order valence-corrected chi connectivity index (χ0v) is 30.2. The van der Waals surface area contributed by atoms with E-state index in [1.807, 2.05) is 121 Å². The summed E-state index contributed by atoms with van der Waals surface area (Å²) in [6, 6.07) is 52.2. The molecule has 0 amide bonds. The maximum Gasteiger partial charge on any atom is 0.169 e. The van der Waals surface area contributed by atoms with Crippen LogP contribution < -0.4 is 0 Å². The summed E-state index contributed by atoms with van der Waals surface area (Å²) in [6.07, 6.45) is 0.0667. The van der Waals surface area contributed by atoms with Gasteiger partial charge in [-0.2, -0.15) is 5.26 Å². The van der Waals surface area contributed by atoms with Crippen molar-refractivity contribution < 1.29 is 9.90 Å². The van der Waals surface area contributed by atoms with Gasteiger partial charge in [0.05, 0.1) is 17.4 Å². The van der Waals surface area contributed by atoms with Crippen molar-refractivity contribution in [1.82, 2.24) is 0 Å². The molecule has 5 atom stereocenters. The molecule has 0 aromatic heterocycles. The number of ketones is 1. The second kappa shape index (κ2) is 13.6. The highest BCUT2D eigenvalue weighted by molar-refractivity contribution is 6.31. The van der Waals surface area contributed by atoms with Crippen LogP contribution in [0.25, 0.3) is 21.5 Å². The van der Waals surface area contributed by atoms with Gasteiger partial charge in [-0.1, -0.05) is 144 Å². The van der Waals surface area contributed by atoms with Gasteiger partial charge in [0.25, 0.3) is 0 Å². The first kappa shape index (κ1) is 34.2. The number of nitrogens with zero attached hydrogens (tertiary/aromatic N) is 1. The molecule has 52 heavy (non-hydrogen) atoms. The fourth-order valence-electron chi connectivity index (χ4n) is 8.52. The maximum atomic E-state index is 15.6. The predicted molar refractivity (Wildman–Crippen MR) is 211 cm³/mol. The van der Waals surface area contributed by atoms with Crippen LogP contribution in [0.3, 0.4) is 0 Å². The van der Waals surface area contributed by atoms with Crippen LogP contribution in [0.15, 0.2) is 158 Å². The van der Waals surface area contributed by atoms with Crippen molar-refractivity contribution in [3.05, 3.63) is 201 Å². The Morgan fingerprint density at radius 3 is 1.65 bits per heavy atom. The van der Waals surface area contributed by atoms with Crippen LogP contribution in [-0.2, 0) is 11.0 Å². The number of benzene rings is 7. The van der Waals surface area contributed by atoms with Gasteiger partial charge in [-0.3, -0.25) is 4.79 Å². The normalized spacial score (nSPS) is 22.9. The molecule has 7 aromatic rings. The molecule has 3 nitrogen and oxygen atoms in total. The SMILES string of the molecule is N#C[C@@]1(c2ccc(Cl)cc2)[C@@H](c2ccc(Cl)cc2)C[C@@](O)(c2ccc3ccccc3c2)[C@H](C(=O)c2ccc3ccccc3c2)[C@H]1c1ccc(Cl)cc1. The van der Waals surface area contributed by atoms with Gasteiger partial charge in [-0.05, 0) is 98.8 Å². The molecule has 1 saturated carbocycles. The quantitative estimate of drug-likeness (QED) is 0.173. The molecule has 1 fully saturated rings. The average Bonchev–Trinajstić information content (AvgIpc) is 3.18. The number of fused-ring (bicyclic) bond motifs is 2. The summed E-state index contributed by atoms with van der Waals surface area (Å²) in [5.74, 6) is -2.84. The molecular weight excluding hydrogens is 705 g/mol. The molecule has 0 saturated heterocycles. The fraction of sp³-hybridized carbons (Fsp3) is 0.130. The third-order valence-corrected chi connectivity index (χ3v) is 11.7. The largest absolute Gasteiger partial charge is 0.384 e. The minimum Gasteiger partial charge on any atom is -0.384 e. The lowest BCUT2D eigenvalue weighted by Gasteiger charge is -2.56. The Labute approximate surface area is 317 Å². The third kappa shape index (κ3) is 5.77. The lowest BCUT2D eigenvalue weighted by atomic mass is 9.46. The molecule has 0 bridgehead atoms. The Morgan fingerprint density at radius 2 is 1.08 bits per heavy atom. The number of halogens is 3. The molecule has 0 unspecified atom stereocenters. The second-order valence-corrected chi connectivity index (χ2v) is 15.0. The first-order chi connectivity index (χ1) is 25.2. The predicted octanol–water partition coefficient (Wildman–Crippen LogP) is 12.1. The second-order valence-electron chi connectivity index (χ2n) is 13.7. The Bertz CT molecular complexity index is 2490. The van der Waals surface area contributed by atoms with Gasteiger partial charge in [0.15, 0.2) is 5.78 Å². The summed E-state index contributed by atoms with van der Waals surface area (Å²) in [5, 5.41) is 30.9. The highest BCUT2D eigenvalue weighted by Crippen LogP contribution is 2.64. The van der Waals surface area contributed by atoms with Crippen molar-refractivity contribution in [2.75, 3.05) is 0 Å². The number of carbonyl (C=O) groups is 1. The van der Waals surface area contributed by atoms with E-state index in [0.29, 0.717) is 37.3 Å². The van der Waals surface area contributed by atoms with Gasteiger partial charge < -0.3 is 5.11 Å². The Morgan fingerprint density at radius 1 is 0.596 bits per heavy atom. The molecule has 6 heteroatoms. The van der Waals surface area contributed by atoms with E-state index in [1.165, 1.54) is 0 Å². The van der Waals surface area contributed by atoms with Crippen LogP contribution in [0, 0.1) is 17.2 Å². The van der Waals surface area contributed by atoms with Gasteiger partial charge in [0.2, 0.25) is 0 Å². The Hall–Kier alpha value is -4.95. The van der Waals surface area contributed by atoms with Crippen LogP contribution in [0.1, 0.15) is 50.9 Å². The highest BCUT2D eigenvalue weighted by atomic mass is 35.5. The van der Waals surface area contributed by atoms with Crippen molar-refractivity contribution in [2.45, 2.75) is 29.3 Å². The van der Waals surface area contributed by atoms with Crippen molar-refractivity contribution in [1.29, 1.82) is 5.26 Å². The summed E-state index contributed by atoms with van der Waals surface area (Å²) >= 11 is 19.4. The monoisotopic (exact) mass is 735 g/mol. The number of hydrogen-bond acceptors (Lipinski definition) is 3. The number of carbonyl (C=O) groups excluding carboxylic acids is 1. The van der Waals surface area contributed by atoms with Gasteiger partial charge in [0.1, 0.15) is 5.60 Å². The number of hydrogen-bond donors (Lipinski definition) is 1. The summed E-state index contributed by atoms with van der Waals surface area (Å²) in [5.41, 5.74) is 0.158. The van der Waals surface area contributed by atoms with Gasteiger partial charge in [-0.25, -0.2) is 0 Å². The van der Waals surface area contributed by atoms with Crippen molar-refractivity contribution in [2.24, 2.45) is 5.92 Å². The highest BCUT2D eigenvalue weighted by Gasteiger charge is 2.64. The van der Waals surface area contributed by atoms with Gasteiger partial charge >= 0.3 is 0 Å². The molecule has 1 aliphatic rings. The Kier molecular flexibility index (Phi) is 8.90. The summed E-state index contributed by atoms with van der Waals surface area (Å²) in [7, 11) is 0. The summed E-state index contributed by atoms with van der Waals surface area (Å²) < 4.78 is 0. The minimum absolute atomic E-state index is 0.0667. The lowest BCUT2D eigenvalue weighted by molar-refractivity contribution is -0.0737. The smallest absolute Gasteiger partial charge is 0.169 e. The zero-order chi connectivity index (χ0) is 36.0. The average molecular weight is 737 g/mol. The lowest BCUT2D eigenvalue weighted by Crippen LogP contribution is -2.58. The van der Waals surface area contributed by atoms with Crippen LogP contribution >= 0.6 is 34.8 Å². The summed E-state index contributed by atoms with van der Waals surface area (Å²) in [4.78, 5) is 15.6. The van der Waals surface area contributed by atoms with E-state index >= 15 is 4.79 Å². The molecule has 0 heterocycles. The molecule has 7 aromatic carbocycles. The van der Waals surface area contributed by atoms with Crippen LogP contribution in [0.5, 0.6) is 0 Å². The molecule has 1 aliphatic carbocycles. The Balaban J connectivity index is 1.48. The molecular formula is C46H32Cl3NO2. The van der Waals surface area contributed by atoms with E-state index in [0.717, 1.165) is 27.1 Å². The van der Waals surface area contributed by atoms with E-state index in [4.69, 9.17) is 34.8 Å². The van der Waals surface area contributed by atoms with Crippen LogP contribution in [0.4, 0.5) is 0 Å². The third-order valence-electron chi connectivity index (χ3n) is 11.0. The molecule has 0 aliphatic heterocycles. The van der Waals surface area contributed by atoms with E-state index < -0.39 is 28.8 Å². The van der Waals surface area contributed by atoms with Crippen LogP contribution in [-0.4, -0.2) is 10.9 Å². The topological polar surface area (TPSA) is 61.1 Å². The van der Waals surface area contributed by atoms with Crippen molar-refractivity contribution >= 4 is 62.1 Å².